The molecule has 1 aromatic heterocycles. The average Bonchev–Trinajstić information content (AvgIpc) is 3.12. The summed E-state index contributed by atoms with van der Waals surface area (Å²) in [6.45, 7) is 0. The fourth-order valence-corrected chi connectivity index (χ4v) is 3.00. The molecule has 0 atom stereocenters. The minimum atomic E-state index is -0.340. The highest BCUT2D eigenvalue weighted by atomic mass is 16.5. The lowest BCUT2D eigenvalue weighted by molar-refractivity contribution is 0.355. The number of benzene rings is 3. The fourth-order valence-electron chi connectivity index (χ4n) is 3.00. The highest BCUT2D eigenvalue weighted by Gasteiger charge is 2.12. The lowest BCUT2D eigenvalue weighted by atomic mass is 10.0. The lowest BCUT2D eigenvalue weighted by Crippen LogP contribution is -1.96. The van der Waals surface area contributed by atoms with Gasteiger partial charge in [0.05, 0.1) is 25.6 Å². The Bertz CT molecular complexity index is 1220. The molecule has 2 N–H and O–H groups in total. The summed E-state index contributed by atoms with van der Waals surface area (Å²) in [5.74, 6) is 1.13. The first-order valence-corrected chi connectivity index (χ1v) is 8.63. The largest absolute Gasteiger partial charge is 0.493 e. The number of methoxy groups -OCH3 is 2. The van der Waals surface area contributed by atoms with E-state index >= 15 is 0 Å². The van der Waals surface area contributed by atoms with Gasteiger partial charge in [0.1, 0.15) is 0 Å². The second-order valence-electron chi connectivity index (χ2n) is 6.10. The third-order valence-electron chi connectivity index (χ3n) is 4.42. The van der Waals surface area contributed by atoms with E-state index in [0.29, 0.717) is 22.9 Å². The SMILES string of the molecule is COc1ccc(N=Nc2c(-c3ccc4ccccc4c3)[nH][nH]c2=O)cc1OC. The summed E-state index contributed by atoms with van der Waals surface area (Å²) in [5, 5.41) is 16.0. The number of ether oxygens (including phenoxy) is 2. The number of fused-ring (bicyclic) bond motifs is 1. The van der Waals surface area contributed by atoms with Gasteiger partial charge in [-0.1, -0.05) is 36.4 Å². The van der Waals surface area contributed by atoms with Gasteiger partial charge < -0.3 is 9.47 Å². The molecule has 0 radical (unpaired) electrons. The van der Waals surface area contributed by atoms with Crippen LogP contribution in [0.25, 0.3) is 22.0 Å². The van der Waals surface area contributed by atoms with Gasteiger partial charge in [0.2, 0.25) is 0 Å². The van der Waals surface area contributed by atoms with Crippen molar-refractivity contribution in [3.63, 3.8) is 0 Å². The van der Waals surface area contributed by atoms with Crippen LogP contribution in [0.4, 0.5) is 11.4 Å². The van der Waals surface area contributed by atoms with E-state index < -0.39 is 0 Å². The van der Waals surface area contributed by atoms with E-state index in [-0.39, 0.29) is 11.2 Å². The van der Waals surface area contributed by atoms with Crippen molar-refractivity contribution in [2.75, 3.05) is 14.2 Å². The molecular weight excluding hydrogens is 356 g/mol. The van der Waals surface area contributed by atoms with Gasteiger partial charge in [0.25, 0.3) is 5.56 Å². The summed E-state index contributed by atoms with van der Waals surface area (Å²) < 4.78 is 10.5. The van der Waals surface area contributed by atoms with Gasteiger partial charge >= 0.3 is 0 Å². The minimum Gasteiger partial charge on any atom is -0.493 e. The summed E-state index contributed by atoms with van der Waals surface area (Å²) >= 11 is 0. The first-order valence-electron chi connectivity index (χ1n) is 8.63. The van der Waals surface area contributed by atoms with Crippen LogP contribution in [0.15, 0.2) is 75.7 Å². The normalized spacial score (nSPS) is 11.2. The zero-order valence-electron chi connectivity index (χ0n) is 15.4. The molecule has 0 spiro atoms. The summed E-state index contributed by atoms with van der Waals surface area (Å²) in [7, 11) is 3.11. The maximum atomic E-state index is 12.2. The summed E-state index contributed by atoms with van der Waals surface area (Å²) in [4.78, 5) is 12.2. The summed E-state index contributed by atoms with van der Waals surface area (Å²) in [5.41, 5.74) is 1.85. The Morgan fingerprint density at radius 2 is 1.57 bits per heavy atom. The van der Waals surface area contributed by atoms with Crippen LogP contribution >= 0.6 is 0 Å². The minimum absolute atomic E-state index is 0.213. The Balaban J connectivity index is 1.72. The van der Waals surface area contributed by atoms with Crippen LogP contribution < -0.4 is 15.0 Å². The Kier molecular flexibility index (Phi) is 4.63. The zero-order valence-corrected chi connectivity index (χ0v) is 15.4. The highest BCUT2D eigenvalue weighted by molar-refractivity contribution is 5.88. The van der Waals surface area contributed by atoms with Gasteiger partial charge in [-0.25, -0.2) is 0 Å². The molecule has 0 aliphatic heterocycles. The van der Waals surface area contributed by atoms with Crippen LogP contribution in [0.1, 0.15) is 0 Å². The second kappa shape index (κ2) is 7.40. The van der Waals surface area contributed by atoms with E-state index in [4.69, 9.17) is 9.47 Å². The van der Waals surface area contributed by atoms with Gasteiger partial charge in [0, 0.05) is 11.6 Å². The van der Waals surface area contributed by atoms with Crippen molar-refractivity contribution >= 4 is 22.1 Å². The number of hydrogen-bond acceptors (Lipinski definition) is 5. The van der Waals surface area contributed by atoms with E-state index in [1.807, 2.05) is 42.5 Å². The molecule has 0 aliphatic rings. The van der Waals surface area contributed by atoms with E-state index in [1.165, 1.54) is 0 Å². The number of hydrogen-bond donors (Lipinski definition) is 2. The number of aromatic amines is 2. The molecule has 1 heterocycles. The van der Waals surface area contributed by atoms with Crippen LogP contribution in [-0.2, 0) is 0 Å². The number of azo groups is 1. The van der Waals surface area contributed by atoms with Crippen LogP contribution in [0.5, 0.6) is 11.5 Å². The van der Waals surface area contributed by atoms with Gasteiger partial charge in [-0.05, 0) is 29.0 Å². The van der Waals surface area contributed by atoms with Crippen molar-refractivity contribution in [2.24, 2.45) is 10.2 Å². The number of H-pyrrole nitrogens is 2. The molecule has 7 heteroatoms. The van der Waals surface area contributed by atoms with Crippen LogP contribution in [0.3, 0.4) is 0 Å². The number of rotatable bonds is 5. The van der Waals surface area contributed by atoms with Crippen molar-refractivity contribution in [3.8, 4) is 22.8 Å². The molecule has 7 nitrogen and oxygen atoms in total. The third-order valence-corrected chi connectivity index (χ3v) is 4.42. The first-order chi connectivity index (χ1) is 13.7. The van der Waals surface area contributed by atoms with Crippen LogP contribution in [0, 0.1) is 0 Å². The molecule has 0 unspecified atom stereocenters. The van der Waals surface area contributed by atoms with Crippen molar-refractivity contribution in [1.29, 1.82) is 0 Å². The Hall–Kier alpha value is -3.87. The molecule has 0 fully saturated rings. The molecule has 4 rings (SSSR count). The molecule has 4 aromatic rings. The number of nitrogens with zero attached hydrogens (tertiary/aromatic N) is 2. The molecule has 140 valence electrons. The highest BCUT2D eigenvalue weighted by Crippen LogP contribution is 2.33. The Labute approximate surface area is 160 Å². The van der Waals surface area contributed by atoms with Crippen molar-refractivity contribution in [1.82, 2.24) is 10.2 Å². The maximum absolute atomic E-state index is 12.2. The lowest BCUT2D eigenvalue weighted by Gasteiger charge is -2.06. The summed E-state index contributed by atoms with van der Waals surface area (Å²) in [6, 6.07) is 19.1. The maximum Gasteiger partial charge on any atom is 0.292 e. The molecule has 28 heavy (non-hydrogen) atoms. The molecule has 0 saturated carbocycles. The third kappa shape index (κ3) is 3.25. The molecule has 0 bridgehead atoms. The number of aromatic nitrogens is 2. The number of nitrogens with one attached hydrogen (secondary N) is 2. The van der Waals surface area contributed by atoms with E-state index in [1.54, 1.807) is 32.4 Å². The molecule has 3 aromatic carbocycles. The predicted molar refractivity (Wildman–Crippen MR) is 108 cm³/mol. The van der Waals surface area contributed by atoms with Crippen LogP contribution in [0.2, 0.25) is 0 Å². The van der Waals surface area contributed by atoms with Crippen molar-refractivity contribution in [2.45, 2.75) is 0 Å². The van der Waals surface area contributed by atoms with Crippen LogP contribution in [-0.4, -0.2) is 24.4 Å². The standard InChI is InChI=1S/C21H18N4O3/c1-27-17-10-9-16(12-18(17)28-2)22-24-20-19(23-25-21(20)26)15-8-7-13-5-3-4-6-14(13)11-15/h3-12H,1-2H3,(H2,23,25,26). The van der Waals surface area contributed by atoms with E-state index in [0.717, 1.165) is 16.3 Å². The molecule has 0 amide bonds. The Morgan fingerprint density at radius 1 is 0.786 bits per heavy atom. The van der Waals surface area contributed by atoms with Gasteiger partial charge in [-0.3, -0.25) is 15.0 Å². The predicted octanol–water partition coefficient (Wildman–Crippen LogP) is 4.96. The molecular formula is C21H18N4O3. The van der Waals surface area contributed by atoms with E-state index in [2.05, 4.69) is 20.4 Å². The topological polar surface area (TPSA) is 91.8 Å². The monoisotopic (exact) mass is 374 g/mol. The second-order valence-corrected chi connectivity index (χ2v) is 6.10. The zero-order chi connectivity index (χ0) is 19.5. The smallest absolute Gasteiger partial charge is 0.292 e. The van der Waals surface area contributed by atoms with Gasteiger partial charge in [-0.15, -0.1) is 5.11 Å². The molecule has 0 aliphatic carbocycles. The average molecular weight is 374 g/mol. The summed E-state index contributed by atoms with van der Waals surface area (Å²) in [6.07, 6.45) is 0. The van der Waals surface area contributed by atoms with E-state index in [9.17, 15) is 4.79 Å². The van der Waals surface area contributed by atoms with Crippen molar-refractivity contribution < 1.29 is 9.47 Å². The van der Waals surface area contributed by atoms with Crippen molar-refractivity contribution in [3.05, 3.63) is 71.0 Å². The van der Waals surface area contributed by atoms with Gasteiger partial charge in [0.15, 0.2) is 17.2 Å². The quantitative estimate of drug-likeness (QED) is 0.484. The Morgan fingerprint density at radius 3 is 2.36 bits per heavy atom. The van der Waals surface area contributed by atoms with Gasteiger partial charge in [-0.2, -0.15) is 5.11 Å². The molecule has 0 saturated heterocycles. The first kappa shape index (κ1) is 17.5. The fraction of sp³-hybridized carbons (Fsp3) is 0.0952.